The third kappa shape index (κ3) is 3.77. The number of carbonyl (C=O) groups is 1. The van der Waals surface area contributed by atoms with E-state index in [0.29, 0.717) is 6.54 Å². The Bertz CT molecular complexity index is 455. The fourth-order valence-corrected chi connectivity index (χ4v) is 2.41. The molecule has 0 saturated carbocycles. The van der Waals surface area contributed by atoms with Crippen LogP contribution < -0.4 is 5.32 Å². The zero-order valence-electron chi connectivity index (χ0n) is 12.6. The zero-order chi connectivity index (χ0) is 14.5. The molecule has 1 amide bonds. The Morgan fingerprint density at radius 1 is 1.40 bits per heavy atom. The first-order valence-corrected chi connectivity index (χ1v) is 7.17. The van der Waals surface area contributed by atoms with Crippen molar-refractivity contribution in [3.63, 3.8) is 0 Å². The summed E-state index contributed by atoms with van der Waals surface area (Å²) in [7, 11) is 2.12. The molecule has 0 bridgehead atoms. The molecule has 110 valence electrons. The lowest BCUT2D eigenvalue weighted by Crippen LogP contribution is -2.52. The SMILES string of the molecule is Cc1cnccc1CNC(=O)C(C)N1CCN(C)CC1. The minimum atomic E-state index is -0.0640. The molecule has 2 heterocycles. The summed E-state index contributed by atoms with van der Waals surface area (Å²) in [6.07, 6.45) is 3.59. The molecule has 5 heteroatoms. The van der Waals surface area contributed by atoms with Gasteiger partial charge in [-0.1, -0.05) is 0 Å². The maximum Gasteiger partial charge on any atom is 0.237 e. The van der Waals surface area contributed by atoms with Gasteiger partial charge in [0.2, 0.25) is 5.91 Å². The van der Waals surface area contributed by atoms with Crippen molar-refractivity contribution < 1.29 is 4.79 Å². The van der Waals surface area contributed by atoms with E-state index in [1.165, 1.54) is 0 Å². The van der Waals surface area contributed by atoms with E-state index in [2.05, 4.69) is 27.1 Å². The van der Waals surface area contributed by atoms with Crippen LogP contribution in [-0.4, -0.2) is 60.0 Å². The van der Waals surface area contributed by atoms with Crippen LogP contribution in [0.5, 0.6) is 0 Å². The Labute approximate surface area is 121 Å². The van der Waals surface area contributed by atoms with E-state index in [0.717, 1.165) is 37.3 Å². The van der Waals surface area contributed by atoms with Gasteiger partial charge in [-0.15, -0.1) is 0 Å². The molecule has 2 rings (SSSR count). The van der Waals surface area contributed by atoms with Crippen molar-refractivity contribution >= 4 is 5.91 Å². The summed E-state index contributed by atoms with van der Waals surface area (Å²) in [6, 6.07) is 1.89. The predicted molar refractivity (Wildman–Crippen MR) is 79.4 cm³/mol. The lowest BCUT2D eigenvalue weighted by atomic mass is 10.1. The van der Waals surface area contributed by atoms with Gasteiger partial charge in [-0.3, -0.25) is 14.7 Å². The maximum absolute atomic E-state index is 12.2. The third-order valence-electron chi connectivity index (χ3n) is 4.05. The first-order valence-electron chi connectivity index (χ1n) is 7.17. The number of rotatable bonds is 4. The van der Waals surface area contributed by atoms with Crippen molar-refractivity contribution in [1.29, 1.82) is 0 Å². The van der Waals surface area contributed by atoms with Gasteiger partial charge < -0.3 is 10.2 Å². The van der Waals surface area contributed by atoms with E-state index in [1.54, 1.807) is 6.20 Å². The molecule has 0 spiro atoms. The summed E-state index contributed by atoms with van der Waals surface area (Å²) < 4.78 is 0. The molecule has 1 aliphatic heterocycles. The Morgan fingerprint density at radius 2 is 2.10 bits per heavy atom. The molecular weight excluding hydrogens is 252 g/mol. The Kier molecular flexibility index (Phi) is 5.09. The molecule has 1 fully saturated rings. The highest BCUT2D eigenvalue weighted by atomic mass is 16.2. The second kappa shape index (κ2) is 6.81. The van der Waals surface area contributed by atoms with Gasteiger partial charge in [0.15, 0.2) is 0 Å². The lowest BCUT2D eigenvalue weighted by molar-refractivity contribution is -0.126. The second-order valence-corrected chi connectivity index (χ2v) is 5.54. The van der Waals surface area contributed by atoms with Crippen molar-refractivity contribution in [2.75, 3.05) is 33.2 Å². The molecule has 1 aliphatic rings. The van der Waals surface area contributed by atoms with Gasteiger partial charge in [-0.05, 0) is 38.1 Å². The van der Waals surface area contributed by atoms with E-state index >= 15 is 0 Å². The molecule has 1 aromatic heterocycles. The summed E-state index contributed by atoms with van der Waals surface area (Å²) in [5.41, 5.74) is 2.24. The van der Waals surface area contributed by atoms with Gasteiger partial charge in [0.1, 0.15) is 0 Å². The number of aromatic nitrogens is 1. The van der Waals surface area contributed by atoms with Crippen LogP contribution in [0.4, 0.5) is 0 Å². The highest BCUT2D eigenvalue weighted by molar-refractivity contribution is 5.81. The number of amides is 1. The molecule has 0 aliphatic carbocycles. The molecule has 0 radical (unpaired) electrons. The minimum absolute atomic E-state index is 0.0640. The summed E-state index contributed by atoms with van der Waals surface area (Å²) in [4.78, 5) is 20.8. The molecule has 1 atom stereocenters. The molecule has 0 aromatic carbocycles. The molecule has 20 heavy (non-hydrogen) atoms. The fraction of sp³-hybridized carbons (Fsp3) is 0.600. The normalized spacial score (nSPS) is 18.8. The van der Waals surface area contributed by atoms with Crippen LogP contribution in [0.25, 0.3) is 0 Å². The predicted octanol–water partition coefficient (Wildman–Crippen LogP) is 0.642. The van der Waals surface area contributed by atoms with E-state index in [9.17, 15) is 4.79 Å². The summed E-state index contributed by atoms with van der Waals surface area (Å²) in [5.74, 6) is 0.103. The van der Waals surface area contributed by atoms with E-state index in [1.807, 2.05) is 26.1 Å². The summed E-state index contributed by atoms with van der Waals surface area (Å²) >= 11 is 0. The Balaban J connectivity index is 1.84. The first kappa shape index (κ1) is 14.9. The van der Waals surface area contributed by atoms with E-state index in [4.69, 9.17) is 0 Å². The number of likely N-dealkylation sites (N-methyl/N-ethyl adjacent to an activating group) is 1. The number of piperazine rings is 1. The van der Waals surface area contributed by atoms with Crippen LogP contribution in [0.1, 0.15) is 18.1 Å². The summed E-state index contributed by atoms with van der Waals surface area (Å²) in [5, 5.41) is 3.03. The fourth-order valence-electron chi connectivity index (χ4n) is 2.41. The van der Waals surface area contributed by atoms with Gasteiger partial charge >= 0.3 is 0 Å². The smallest absolute Gasteiger partial charge is 0.237 e. The van der Waals surface area contributed by atoms with E-state index in [-0.39, 0.29) is 11.9 Å². The minimum Gasteiger partial charge on any atom is -0.351 e. The highest BCUT2D eigenvalue weighted by Crippen LogP contribution is 2.07. The van der Waals surface area contributed by atoms with Gasteiger partial charge in [-0.2, -0.15) is 0 Å². The lowest BCUT2D eigenvalue weighted by Gasteiger charge is -2.35. The average Bonchev–Trinajstić information content (AvgIpc) is 2.46. The van der Waals surface area contributed by atoms with Crippen molar-refractivity contribution in [3.8, 4) is 0 Å². The number of hydrogen-bond donors (Lipinski definition) is 1. The molecule has 1 N–H and O–H groups in total. The van der Waals surface area contributed by atoms with Crippen molar-refractivity contribution in [2.45, 2.75) is 26.4 Å². The van der Waals surface area contributed by atoms with Gasteiger partial charge in [0, 0.05) is 45.1 Å². The molecule has 5 nitrogen and oxygen atoms in total. The molecule has 1 saturated heterocycles. The number of pyridine rings is 1. The highest BCUT2D eigenvalue weighted by Gasteiger charge is 2.24. The van der Waals surface area contributed by atoms with Crippen LogP contribution in [-0.2, 0) is 11.3 Å². The molecule has 1 aromatic rings. The summed E-state index contributed by atoms with van der Waals surface area (Å²) in [6.45, 7) is 8.55. The first-order chi connectivity index (χ1) is 9.58. The topological polar surface area (TPSA) is 48.5 Å². The van der Waals surface area contributed by atoms with Crippen LogP contribution in [0.15, 0.2) is 18.5 Å². The van der Waals surface area contributed by atoms with Gasteiger partial charge in [-0.25, -0.2) is 0 Å². The number of aryl methyl sites for hydroxylation is 1. The molecule has 1 unspecified atom stereocenters. The second-order valence-electron chi connectivity index (χ2n) is 5.54. The van der Waals surface area contributed by atoms with Crippen LogP contribution in [0.2, 0.25) is 0 Å². The van der Waals surface area contributed by atoms with E-state index < -0.39 is 0 Å². The third-order valence-corrected chi connectivity index (χ3v) is 4.05. The Hall–Kier alpha value is -1.46. The zero-order valence-corrected chi connectivity index (χ0v) is 12.6. The van der Waals surface area contributed by atoms with Gasteiger partial charge in [0.25, 0.3) is 0 Å². The van der Waals surface area contributed by atoms with Crippen molar-refractivity contribution in [3.05, 3.63) is 29.6 Å². The van der Waals surface area contributed by atoms with Crippen LogP contribution in [0, 0.1) is 6.92 Å². The monoisotopic (exact) mass is 276 g/mol. The van der Waals surface area contributed by atoms with Crippen molar-refractivity contribution in [2.24, 2.45) is 0 Å². The molecular formula is C15H24N4O. The number of hydrogen-bond acceptors (Lipinski definition) is 4. The van der Waals surface area contributed by atoms with Crippen LogP contribution >= 0.6 is 0 Å². The quantitative estimate of drug-likeness (QED) is 0.877. The standard InChI is InChI=1S/C15H24N4O/c1-12-10-16-5-4-14(12)11-17-15(20)13(2)19-8-6-18(3)7-9-19/h4-5,10,13H,6-9,11H2,1-3H3,(H,17,20). The maximum atomic E-state index is 12.2. The van der Waals surface area contributed by atoms with Gasteiger partial charge in [0.05, 0.1) is 6.04 Å². The van der Waals surface area contributed by atoms with Crippen molar-refractivity contribution in [1.82, 2.24) is 20.1 Å². The number of nitrogens with one attached hydrogen (secondary N) is 1. The number of carbonyl (C=O) groups excluding carboxylic acids is 1. The Morgan fingerprint density at radius 3 is 2.75 bits per heavy atom. The van der Waals surface area contributed by atoms with Crippen LogP contribution in [0.3, 0.4) is 0 Å². The largest absolute Gasteiger partial charge is 0.351 e. The average molecular weight is 276 g/mol. The number of nitrogens with zero attached hydrogens (tertiary/aromatic N) is 3.